The molecule has 7 heteroatoms. The topological polar surface area (TPSA) is 91.7 Å². The van der Waals surface area contributed by atoms with E-state index in [1.807, 2.05) is 35.2 Å². The second-order valence-electron chi connectivity index (χ2n) is 5.71. The number of rotatable bonds is 5. The van der Waals surface area contributed by atoms with Gasteiger partial charge in [0.2, 0.25) is 0 Å². The molecule has 1 fully saturated rings. The van der Waals surface area contributed by atoms with Gasteiger partial charge in [-0.25, -0.2) is 4.79 Å². The van der Waals surface area contributed by atoms with E-state index in [-0.39, 0.29) is 31.1 Å². The molecule has 7 nitrogen and oxygen atoms in total. The molecule has 128 valence electrons. The van der Waals surface area contributed by atoms with Crippen molar-refractivity contribution in [3.8, 4) is 6.07 Å². The molecule has 1 aliphatic heterocycles. The van der Waals surface area contributed by atoms with Crippen LogP contribution in [-0.4, -0.2) is 49.7 Å². The van der Waals surface area contributed by atoms with Gasteiger partial charge in [-0.3, -0.25) is 9.69 Å². The van der Waals surface area contributed by atoms with E-state index < -0.39 is 6.09 Å². The summed E-state index contributed by atoms with van der Waals surface area (Å²) >= 11 is 0. The van der Waals surface area contributed by atoms with Crippen molar-refractivity contribution in [2.24, 2.45) is 5.92 Å². The highest BCUT2D eigenvalue weighted by molar-refractivity contribution is 5.73. The molecule has 0 spiro atoms. The van der Waals surface area contributed by atoms with E-state index in [9.17, 15) is 9.59 Å². The zero-order valence-electron chi connectivity index (χ0n) is 13.6. The quantitative estimate of drug-likeness (QED) is 0.646. The van der Waals surface area contributed by atoms with E-state index in [1.54, 1.807) is 0 Å². The molecule has 2 atom stereocenters. The number of amides is 1. The van der Waals surface area contributed by atoms with Gasteiger partial charge in [0.1, 0.15) is 6.61 Å². The number of carbonyl (C=O) groups excluding carboxylic acids is 2. The highest BCUT2D eigenvalue weighted by Crippen LogP contribution is 2.18. The van der Waals surface area contributed by atoms with E-state index in [0.29, 0.717) is 19.5 Å². The SMILES string of the molecule is COC(=O)C1CC(NC(=O)OCc2ccccc2)CN(CC#N)C1. The summed E-state index contributed by atoms with van der Waals surface area (Å²) in [5.41, 5.74) is 0.898. The summed E-state index contributed by atoms with van der Waals surface area (Å²) < 4.78 is 9.98. The summed E-state index contributed by atoms with van der Waals surface area (Å²) in [5.74, 6) is -0.696. The Hall–Kier alpha value is -2.59. The number of benzene rings is 1. The van der Waals surface area contributed by atoms with Crippen LogP contribution in [-0.2, 0) is 20.9 Å². The molecular formula is C17H21N3O4. The first kappa shape index (κ1) is 17.8. The minimum Gasteiger partial charge on any atom is -0.469 e. The minimum absolute atomic E-state index is 0.182. The van der Waals surface area contributed by atoms with Gasteiger partial charge in [-0.05, 0) is 12.0 Å². The zero-order chi connectivity index (χ0) is 17.4. The highest BCUT2D eigenvalue weighted by atomic mass is 16.5. The molecule has 1 amide bonds. The Kier molecular flexibility index (Phi) is 6.58. The van der Waals surface area contributed by atoms with Gasteiger partial charge in [0.15, 0.2) is 0 Å². The van der Waals surface area contributed by atoms with Gasteiger partial charge >= 0.3 is 12.1 Å². The number of nitriles is 1. The van der Waals surface area contributed by atoms with E-state index in [2.05, 4.69) is 11.4 Å². The van der Waals surface area contributed by atoms with Crippen LogP contribution in [0.1, 0.15) is 12.0 Å². The van der Waals surface area contributed by atoms with Gasteiger partial charge in [-0.2, -0.15) is 5.26 Å². The van der Waals surface area contributed by atoms with E-state index in [1.165, 1.54) is 7.11 Å². The van der Waals surface area contributed by atoms with Gasteiger partial charge in [0.25, 0.3) is 0 Å². The molecule has 1 saturated heterocycles. The maximum Gasteiger partial charge on any atom is 0.407 e. The lowest BCUT2D eigenvalue weighted by Gasteiger charge is -2.35. The van der Waals surface area contributed by atoms with Crippen LogP contribution in [0, 0.1) is 17.2 Å². The van der Waals surface area contributed by atoms with Crippen molar-refractivity contribution in [3.05, 3.63) is 35.9 Å². The minimum atomic E-state index is -0.536. The molecule has 1 aromatic rings. The first-order valence-electron chi connectivity index (χ1n) is 7.76. The molecule has 0 saturated carbocycles. The first-order valence-corrected chi connectivity index (χ1v) is 7.76. The van der Waals surface area contributed by atoms with Crippen molar-refractivity contribution in [2.75, 3.05) is 26.7 Å². The van der Waals surface area contributed by atoms with Crippen molar-refractivity contribution in [3.63, 3.8) is 0 Å². The van der Waals surface area contributed by atoms with Crippen LogP contribution >= 0.6 is 0 Å². The normalized spacial score (nSPS) is 20.7. The van der Waals surface area contributed by atoms with E-state index >= 15 is 0 Å². The fourth-order valence-electron chi connectivity index (χ4n) is 2.79. The Balaban J connectivity index is 1.87. The number of carbonyl (C=O) groups is 2. The smallest absolute Gasteiger partial charge is 0.407 e. The van der Waals surface area contributed by atoms with Crippen molar-refractivity contribution in [1.82, 2.24) is 10.2 Å². The fourth-order valence-corrected chi connectivity index (χ4v) is 2.79. The number of nitrogens with one attached hydrogen (secondary N) is 1. The summed E-state index contributed by atoms with van der Waals surface area (Å²) in [4.78, 5) is 25.6. The van der Waals surface area contributed by atoms with Crippen molar-refractivity contribution < 1.29 is 19.1 Å². The van der Waals surface area contributed by atoms with Gasteiger partial charge in [-0.15, -0.1) is 0 Å². The number of likely N-dealkylation sites (tertiary alicyclic amines) is 1. The van der Waals surface area contributed by atoms with Crippen LogP contribution in [0.3, 0.4) is 0 Å². The number of nitrogens with zero attached hydrogens (tertiary/aromatic N) is 2. The molecule has 2 unspecified atom stereocenters. The molecule has 24 heavy (non-hydrogen) atoms. The number of ether oxygens (including phenoxy) is 2. The zero-order valence-corrected chi connectivity index (χ0v) is 13.6. The maximum absolute atomic E-state index is 12.0. The van der Waals surface area contributed by atoms with Gasteiger partial charge in [0, 0.05) is 19.1 Å². The molecule has 1 heterocycles. The van der Waals surface area contributed by atoms with Crippen LogP contribution < -0.4 is 5.32 Å². The van der Waals surface area contributed by atoms with Gasteiger partial charge < -0.3 is 14.8 Å². The predicted octanol–water partition coefficient (Wildman–Crippen LogP) is 1.30. The summed E-state index contributed by atoms with van der Waals surface area (Å²) in [6.07, 6.45) is -0.0686. The summed E-state index contributed by atoms with van der Waals surface area (Å²) in [5, 5.41) is 11.6. The Morgan fingerprint density at radius 1 is 1.33 bits per heavy atom. The Morgan fingerprint density at radius 3 is 2.75 bits per heavy atom. The van der Waals surface area contributed by atoms with Crippen LogP contribution in [0.5, 0.6) is 0 Å². The number of methoxy groups -OCH3 is 1. The van der Waals surface area contributed by atoms with Gasteiger partial charge in [0.05, 0.1) is 25.6 Å². The number of hydrogen-bond donors (Lipinski definition) is 1. The fraction of sp³-hybridized carbons (Fsp3) is 0.471. The predicted molar refractivity (Wildman–Crippen MR) is 85.7 cm³/mol. The molecule has 0 bridgehead atoms. The Bertz CT molecular complexity index is 600. The molecule has 1 N–H and O–H groups in total. The van der Waals surface area contributed by atoms with Crippen molar-refractivity contribution >= 4 is 12.1 Å². The lowest BCUT2D eigenvalue weighted by Crippen LogP contribution is -2.52. The molecule has 0 aromatic heterocycles. The van der Waals surface area contributed by atoms with Crippen LogP contribution in [0.25, 0.3) is 0 Å². The summed E-state index contributed by atoms with van der Waals surface area (Å²) in [6, 6.07) is 11.2. The Morgan fingerprint density at radius 2 is 2.08 bits per heavy atom. The average Bonchev–Trinajstić information content (AvgIpc) is 2.60. The molecule has 0 radical (unpaired) electrons. The number of esters is 1. The van der Waals surface area contributed by atoms with E-state index in [4.69, 9.17) is 14.7 Å². The lowest BCUT2D eigenvalue weighted by atomic mass is 9.94. The molecule has 0 aliphatic carbocycles. The maximum atomic E-state index is 12.0. The van der Waals surface area contributed by atoms with Crippen LogP contribution in [0.2, 0.25) is 0 Å². The van der Waals surface area contributed by atoms with Crippen molar-refractivity contribution in [2.45, 2.75) is 19.1 Å². The van der Waals surface area contributed by atoms with Crippen LogP contribution in [0.4, 0.5) is 4.79 Å². The highest BCUT2D eigenvalue weighted by Gasteiger charge is 2.33. The largest absolute Gasteiger partial charge is 0.469 e. The number of hydrogen-bond acceptors (Lipinski definition) is 6. The molecule has 1 aromatic carbocycles. The first-order chi connectivity index (χ1) is 11.6. The monoisotopic (exact) mass is 331 g/mol. The third-order valence-electron chi connectivity index (χ3n) is 3.89. The Labute approximate surface area is 141 Å². The average molecular weight is 331 g/mol. The van der Waals surface area contributed by atoms with Crippen molar-refractivity contribution in [1.29, 1.82) is 5.26 Å². The standard InChI is InChI=1S/C17H21N3O4/c1-23-16(21)14-9-15(11-20(10-14)8-7-18)19-17(22)24-12-13-5-3-2-4-6-13/h2-6,14-15H,8-12H2,1H3,(H,19,22). The van der Waals surface area contributed by atoms with Gasteiger partial charge in [-0.1, -0.05) is 30.3 Å². The van der Waals surface area contributed by atoms with E-state index in [0.717, 1.165) is 5.56 Å². The van der Waals surface area contributed by atoms with Crippen LogP contribution in [0.15, 0.2) is 30.3 Å². The second kappa shape index (κ2) is 8.89. The molecule has 2 rings (SSSR count). The summed E-state index contributed by atoms with van der Waals surface area (Å²) in [7, 11) is 1.34. The number of alkyl carbamates (subject to hydrolysis) is 1. The lowest BCUT2D eigenvalue weighted by molar-refractivity contribution is -0.147. The summed E-state index contributed by atoms with van der Waals surface area (Å²) in [6.45, 7) is 1.34. The third kappa shape index (κ3) is 5.25. The third-order valence-corrected chi connectivity index (χ3v) is 3.89. The second-order valence-corrected chi connectivity index (χ2v) is 5.71. The molecule has 1 aliphatic rings. The number of piperidine rings is 1. The molecular weight excluding hydrogens is 310 g/mol.